The molecular weight excluding hydrogens is 299 g/mol. The minimum Gasteiger partial charge on any atom is -0.343 e. The van der Waals surface area contributed by atoms with Crippen LogP contribution in [0.3, 0.4) is 0 Å². The quantitative estimate of drug-likeness (QED) is 0.895. The second-order valence-electron chi connectivity index (χ2n) is 5.49. The van der Waals surface area contributed by atoms with Gasteiger partial charge in [0.05, 0.1) is 12.2 Å². The lowest BCUT2D eigenvalue weighted by Gasteiger charge is -2.09. The highest BCUT2D eigenvalue weighted by Crippen LogP contribution is 2.27. The molecule has 3 rings (SSSR count). The van der Waals surface area contributed by atoms with Crippen LogP contribution in [-0.4, -0.2) is 28.1 Å². The van der Waals surface area contributed by atoms with Gasteiger partial charge in [-0.05, 0) is 37.5 Å². The number of carbonyl (C=O) groups is 2. The summed E-state index contributed by atoms with van der Waals surface area (Å²) < 4.78 is 14.7. The zero-order valence-corrected chi connectivity index (χ0v) is 12.7. The van der Waals surface area contributed by atoms with Crippen molar-refractivity contribution in [3.05, 3.63) is 46.9 Å². The van der Waals surface area contributed by atoms with Crippen LogP contribution in [0.5, 0.6) is 0 Å². The third-order valence-corrected chi connectivity index (χ3v) is 3.82. The van der Waals surface area contributed by atoms with E-state index >= 15 is 0 Å². The summed E-state index contributed by atoms with van der Waals surface area (Å²) in [6.07, 6.45) is 2.86. The van der Waals surface area contributed by atoms with E-state index in [1.54, 1.807) is 11.7 Å². The van der Waals surface area contributed by atoms with E-state index in [0.717, 1.165) is 36.6 Å². The van der Waals surface area contributed by atoms with Crippen molar-refractivity contribution in [1.29, 1.82) is 0 Å². The van der Waals surface area contributed by atoms with Gasteiger partial charge in [-0.1, -0.05) is 6.07 Å². The summed E-state index contributed by atoms with van der Waals surface area (Å²) in [7, 11) is 1.78. The molecule has 0 spiro atoms. The summed E-state index contributed by atoms with van der Waals surface area (Å²) in [5.74, 6) is -0.641. The Bertz CT molecular complexity index is 769. The SMILES string of the molecule is Cn1nc2c(c1NC(=O)CNC(=O)c1cccc(F)c1)CCC2. The Labute approximate surface area is 132 Å². The van der Waals surface area contributed by atoms with Crippen LogP contribution in [0.1, 0.15) is 28.0 Å². The molecule has 23 heavy (non-hydrogen) atoms. The predicted molar refractivity (Wildman–Crippen MR) is 82.6 cm³/mol. The molecule has 0 saturated heterocycles. The van der Waals surface area contributed by atoms with Crippen molar-refractivity contribution < 1.29 is 14.0 Å². The zero-order valence-electron chi connectivity index (χ0n) is 12.7. The van der Waals surface area contributed by atoms with Crippen molar-refractivity contribution >= 4 is 17.6 Å². The van der Waals surface area contributed by atoms with Gasteiger partial charge in [-0.25, -0.2) is 4.39 Å². The average molecular weight is 316 g/mol. The number of nitrogens with one attached hydrogen (secondary N) is 2. The van der Waals surface area contributed by atoms with E-state index in [2.05, 4.69) is 15.7 Å². The van der Waals surface area contributed by atoms with Gasteiger partial charge in [-0.2, -0.15) is 5.10 Å². The van der Waals surface area contributed by atoms with Crippen LogP contribution in [0.2, 0.25) is 0 Å². The lowest BCUT2D eigenvalue weighted by atomic mass is 10.2. The minimum absolute atomic E-state index is 0.180. The Morgan fingerprint density at radius 1 is 1.35 bits per heavy atom. The smallest absolute Gasteiger partial charge is 0.251 e. The number of hydrogen-bond acceptors (Lipinski definition) is 3. The number of benzene rings is 1. The third-order valence-electron chi connectivity index (χ3n) is 3.82. The number of amides is 2. The van der Waals surface area contributed by atoms with Crippen LogP contribution in [0.15, 0.2) is 24.3 Å². The number of nitrogens with zero attached hydrogens (tertiary/aromatic N) is 2. The van der Waals surface area contributed by atoms with Crippen molar-refractivity contribution in [2.45, 2.75) is 19.3 Å². The monoisotopic (exact) mass is 316 g/mol. The molecular formula is C16H17FN4O2. The second kappa shape index (κ2) is 6.20. The number of hydrogen-bond donors (Lipinski definition) is 2. The molecule has 1 aromatic carbocycles. The molecule has 0 radical (unpaired) electrons. The first-order chi connectivity index (χ1) is 11.0. The maximum atomic E-state index is 13.1. The van der Waals surface area contributed by atoms with Gasteiger partial charge >= 0.3 is 0 Å². The number of aryl methyl sites for hydroxylation is 2. The van der Waals surface area contributed by atoms with Crippen molar-refractivity contribution in [2.75, 3.05) is 11.9 Å². The highest BCUT2D eigenvalue weighted by Gasteiger charge is 2.22. The summed E-state index contributed by atoms with van der Waals surface area (Å²) in [6, 6.07) is 5.32. The van der Waals surface area contributed by atoms with Crippen LogP contribution in [0.25, 0.3) is 0 Å². The second-order valence-corrected chi connectivity index (χ2v) is 5.49. The van der Waals surface area contributed by atoms with Gasteiger partial charge in [0.15, 0.2) is 0 Å². The molecule has 0 unspecified atom stereocenters. The topological polar surface area (TPSA) is 76.0 Å². The van der Waals surface area contributed by atoms with Gasteiger partial charge in [0.2, 0.25) is 5.91 Å². The number of fused-ring (bicyclic) bond motifs is 1. The predicted octanol–water partition coefficient (Wildman–Crippen LogP) is 1.42. The molecule has 0 aliphatic heterocycles. The molecule has 2 aromatic rings. The molecule has 0 fully saturated rings. The zero-order chi connectivity index (χ0) is 16.4. The molecule has 7 heteroatoms. The van der Waals surface area contributed by atoms with Crippen molar-refractivity contribution in [3.63, 3.8) is 0 Å². The Kier molecular flexibility index (Phi) is 4.10. The van der Waals surface area contributed by atoms with Gasteiger partial charge < -0.3 is 10.6 Å². The lowest BCUT2D eigenvalue weighted by Crippen LogP contribution is -2.33. The maximum absolute atomic E-state index is 13.1. The number of anilines is 1. The molecule has 2 amide bonds. The van der Waals surface area contributed by atoms with Crippen molar-refractivity contribution in [3.8, 4) is 0 Å². The fourth-order valence-corrected chi connectivity index (χ4v) is 2.74. The van der Waals surface area contributed by atoms with E-state index in [1.165, 1.54) is 18.2 Å². The molecule has 6 nitrogen and oxygen atoms in total. The summed E-state index contributed by atoms with van der Waals surface area (Å²) in [5.41, 5.74) is 2.27. The van der Waals surface area contributed by atoms with Crippen LogP contribution < -0.4 is 10.6 Å². The highest BCUT2D eigenvalue weighted by molar-refractivity contribution is 5.99. The molecule has 1 aliphatic rings. The van der Waals surface area contributed by atoms with Crippen LogP contribution >= 0.6 is 0 Å². The molecule has 1 aromatic heterocycles. The molecule has 0 atom stereocenters. The fourth-order valence-electron chi connectivity index (χ4n) is 2.74. The van der Waals surface area contributed by atoms with E-state index in [-0.39, 0.29) is 18.0 Å². The summed E-state index contributed by atoms with van der Waals surface area (Å²) >= 11 is 0. The van der Waals surface area contributed by atoms with Gasteiger partial charge in [0.1, 0.15) is 11.6 Å². The van der Waals surface area contributed by atoms with Gasteiger partial charge in [-0.15, -0.1) is 0 Å². The number of rotatable bonds is 4. The van der Waals surface area contributed by atoms with E-state index in [0.29, 0.717) is 5.82 Å². The van der Waals surface area contributed by atoms with Gasteiger partial charge in [0.25, 0.3) is 5.91 Å². The first-order valence-corrected chi connectivity index (χ1v) is 7.43. The molecule has 1 aliphatic carbocycles. The number of aromatic nitrogens is 2. The Morgan fingerprint density at radius 2 is 2.17 bits per heavy atom. The van der Waals surface area contributed by atoms with E-state index in [9.17, 15) is 14.0 Å². The fraction of sp³-hybridized carbons (Fsp3) is 0.312. The summed E-state index contributed by atoms with van der Waals surface area (Å²) in [5, 5.41) is 9.63. The van der Waals surface area contributed by atoms with Crippen LogP contribution in [0, 0.1) is 5.82 Å². The van der Waals surface area contributed by atoms with E-state index in [4.69, 9.17) is 0 Å². The van der Waals surface area contributed by atoms with Gasteiger partial charge in [0, 0.05) is 18.2 Å². The van der Waals surface area contributed by atoms with E-state index < -0.39 is 11.7 Å². The Balaban J connectivity index is 1.59. The molecule has 120 valence electrons. The highest BCUT2D eigenvalue weighted by atomic mass is 19.1. The summed E-state index contributed by atoms with van der Waals surface area (Å²) in [4.78, 5) is 23.9. The normalized spacial score (nSPS) is 12.8. The van der Waals surface area contributed by atoms with Crippen molar-refractivity contribution in [1.82, 2.24) is 15.1 Å². The Morgan fingerprint density at radius 3 is 2.96 bits per heavy atom. The first kappa shape index (κ1) is 15.2. The largest absolute Gasteiger partial charge is 0.343 e. The van der Waals surface area contributed by atoms with Crippen LogP contribution in [0.4, 0.5) is 10.2 Å². The summed E-state index contributed by atoms with van der Waals surface area (Å²) in [6.45, 7) is -0.185. The maximum Gasteiger partial charge on any atom is 0.251 e. The first-order valence-electron chi connectivity index (χ1n) is 7.43. The Hall–Kier alpha value is -2.70. The average Bonchev–Trinajstić information content (AvgIpc) is 3.08. The third kappa shape index (κ3) is 3.23. The molecule has 0 bridgehead atoms. The molecule has 0 saturated carbocycles. The van der Waals surface area contributed by atoms with E-state index in [1.807, 2.05) is 0 Å². The standard InChI is InChI=1S/C16H17FN4O2/c1-21-15(12-6-3-7-13(12)20-21)19-14(22)9-18-16(23)10-4-2-5-11(17)8-10/h2,4-5,8H,3,6-7,9H2,1H3,(H,18,23)(H,19,22). The molecule has 1 heterocycles. The van der Waals surface area contributed by atoms with Crippen molar-refractivity contribution in [2.24, 2.45) is 7.05 Å². The van der Waals surface area contributed by atoms with Gasteiger partial charge in [-0.3, -0.25) is 14.3 Å². The lowest BCUT2D eigenvalue weighted by molar-refractivity contribution is -0.115. The minimum atomic E-state index is -0.493. The number of halogens is 1. The van der Waals surface area contributed by atoms with Crippen LogP contribution in [-0.2, 0) is 24.7 Å². The molecule has 2 N–H and O–H groups in total. The number of carbonyl (C=O) groups excluding carboxylic acids is 2.